The summed E-state index contributed by atoms with van der Waals surface area (Å²) in [5.41, 5.74) is 7.00. The minimum atomic E-state index is -1.29. The van der Waals surface area contributed by atoms with Crippen molar-refractivity contribution in [1.82, 2.24) is 0 Å². The number of halogens is 1. The van der Waals surface area contributed by atoms with Gasteiger partial charge in [-0.2, -0.15) is 0 Å². The first-order chi connectivity index (χ1) is 8.94. The van der Waals surface area contributed by atoms with Gasteiger partial charge < -0.3 is 0 Å². The third-order valence-corrected chi connectivity index (χ3v) is 4.24. The molecule has 2 aromatic carbocycles. The van der Waals surface area contributed by atoms with Crippen molar-refractivity contribution in [1.29, 1.82) is 0 Å². The minimum absolute atomic E-state index is 1.11. The van der Waals surface area contributed by atoms with Crippen LogP contribution in [0.3, 0.4) is 0 Å². The first-order valence-electron chi connectivity index (χ1n) is 6.33. The zero-order chi connectivity index (χ0) is 13.9. The summed E-state index contributed by atoms with van der Waals surface area (Å²) >= 11 is 2.33. The molecular formula is C17H17ISi. The van der Waals surface area contributed by atoms with Gasteiger partial charge in [-0.25, -0.2) is 0 Å². The molecule has 2 heteroatoms. The third-order valence-electron chi connectivity index (χ3n) is 2.64. The van der Waals surface area contributed by atoms with E-state index in [1.54, 1.807) is 0 Å². The van der Waals surface area contributed by atoms with Crippen LogP contribution >= 0.6 is 22.6 Å². The highest BCUT2D eigenvalue weighted by Crippen LogP contribution is 2.20. The Morgan fingerprint density at radius 2 is 1.26 bits per heavy atom. The summed E-state index contributed by atoms with van der Waals surface area (Å²) in [5.74, 6) is 3.28. The SMILES string of the molecule is C[Si](C)(C)C#Cc1ccc(-c2ccc(I)cc2)cc1. The largest absolute Gasteiger partial charge is 0.129 e. The topological polar surface area (TPSA) is 0 Å². The zero-order valence-corrected chi connectivity index (χ0v) is 14.7. The van der Waals surface area contributed by atoms with Crippen LogP contribution in [0.4, 0.5) is 0 Å². The fraction of sp³-hybridized carbons (Fsp3) is 0.176. The Bertz CT molecular complexity index is 608. The number of hydrogen-bond acceptors (Lipinski definition) is 0. The van der Waals surface area contributed by atoms with Gasteiger partial charge in [-0.15, -0.1) is 5.54 Å². The molecule has 96 valence electrons. The standard InChI is InChI=1S/C17H17ISi/c1-19(2,3)13-12-14-4-6-15(7-5-14)16-8-10-17(18)11-9-16/h4-11H,1-3H3. The van der Waals surface area contributed by atoms with Crippen LogP contribution in [0.1, 0.15) is 5.56 Å². The van der Waals surface area contributed by atoms with E-state index < -0.39 is 8.07 Å². The Hall–Kier alpha value is -1.05. The molecule has 2 aromatic rings. The monoisotopic (exact) mass is 376 g/mol. The number of hydrogen-bond donors (Lipinski definition) is 0. The summed E-state index contributed by atoms with van der Waals surface area (Å²) in [6.45, 7) is 6.79. The van der Waals surface area contributed by atoms with Crippen molar-refractivity contribution in [3.8, 4) is 22.6 Å². The van der Waals surface area contributed by atoms with Crippen molar-refractivity contribution in [3.63, 3.8) is 0 Å². The highest BCUT2D eigenvalue weighted by atomic mass is 127. The molecule has 0 aliphatic carbocycles. The highest BCUT2D eigenvalue weighted by molar-refractivity contribution is 14.1. The van der Waals surface area contributed by atoms with Gasteiger partial charge >= 0.3 is 0 Å². The van der Waals surface area contributed by atoms with E-state index in [2.05, 4.69) is 102 Å². The van der Waals surface area contributed by atoms with E-state index >= 15 is 0 Å². The average Bonchev–Trinajstić information content (AvgIpc) is 2.37. The predicted molar refractivity (Wildman–Crippen MR) is 94.8 cm³/mol. The van der Waals surface area contributed by atoms with E-state index in [9.17, 15) is 0 Å². The first-order valence-corrected chi connectivity index (χ1v) is 10.9. The molecule has 0 amide bonds. The Morgan fingerprint density at radius 3 is 1.74 bits per heavy atom. The van der Waals surface area contributed by atoms with Gasteiger partial charge in [0.05, 0.1) is 0 Å². The summed E-state index contributed by atoms with van der Waals surface area (Å²) < 4.78 is 1.26. The molecule has 0 N–H and O–H groups in total. The van der Waals surface area contributed by atoms with Crippen LogP contribution < -0.4 is 0 Å². The Balaban J connectivity index is 2.23. The summed E-state index contributed by atoms with van der Waals surface area (Å²) in [6, 6.07) is 17.1. The van der Waals surface area contributed by atoms with Crippen molar-refractivity contribution >= 4 is 30.7 Å². The summed E-state index contributed by atoms with van der Waals surface area (Å²) in [6.07, 6.45) is 0. The van der Waals surface area contributed by atoms with Gasteiger partial charge in [0, 0.05) is 9.13 Å². The van der Waals surface area contributed by atoms with Crippen LogP contribution in [-0.4, -0.2) is 8.07 Å². The smallest absolute Gasteiger partial charge is 0.127 e. The fourth-order valence-corrected chi connectivity index (χ4v) is 2.53. The van der Waals surface area contributed by atoms with Crippen molar-refractivity contribution in [3.05, 3.63) is 57.7 Å². The lowest BCUT2D eigenvalue weighted by Gasteiger charge is -2.04. The minimum Gasteiger partial charge on any atom is -0.127 e. The molecule has 0 spiro atoms. The molecule has 0 aromatic heterocycles. The molecule has 0 atom stereocenters. The maximum atomic E-state index is 3.39. The van der Waals surface area contributed by atoms with Crippen LogP contribution in [0.2, 0.25) is 19.6 Å². The predicted octanol–water partition coefficient (Wildman–Crippen LogP) is 5.19. The molecule has 0 saturated carbocycles. The Kier molecular flexibility index (Phi) is 4.49. The van der Waals surface area contributed by atoms with E-state index in [0.717, 1.165) is 5.56 Å². The molecule has 0 bridgehead atoms. The van der Waals surface area contributed by atoms with Crippen molar-refractivity contribution in [2.45, 2.75) is 19.6 Å². The maximum absolute atomic E-state index is 3.39. The molecule has 0 nitrogen and oxygen atoms in total. The Morgan fingerprint density at radius 1 is 0.789 bits per heavy atom. The van der Waals surface area contributed by atoms with Crippen molar-refractivity contribution in [2.75, 3.05) is 0 Å². The van der Waals surface area contributed by atoms with Crippen molar-refractivity contribution < 1.29 is 0 Å². The summed E-state index contributed by atoms with van der Waals surface area (Å²) in [7, 11) is -1.29. The van der Waals surface area contributed by atoms with Crippen LogP contribution in [0.5, 0.6) is 0 Å². The molecule has 0 fully saturated rings. The average molecular weight is 376 g/mol. The molecule has 0 aliphatic heterocycles. The summed E-state index contributed by atoms with van der Waals surface area (Å²) in [5, 5.41) is 0. The van der Waals surface area contributed by atoms with Gasteiger partial charge in [-0.3, -0.25) is 0 Å². The zero-order valence-electron chi connectivity index (χ0n) is 11.5. The molecule has 0 radical (unpaired) electrons. The van der Waals surface area contributed by atoms with Gasteiger partial charge in [0.1, 0.15) is 8.07 Å². The molecule has 0 saturated heterocycles. The Labute approximate surface area is 130 Å². The van der Waals surface area contributed by atoms with Crippen molar-refractivity contribution in [2.24, 2.45) is 0 Å². The van der Waals surface area contributed by atoms with E-state index in [1.165, 1.54) is 14.7 Å². The quantitative estimate of drug-likeness (QED) is 0.365. The van der Waals surface area contributed by atoms with Gasteiger partial charge in [0.15, 0.2) is 0 Å². The third kappa shape index (κ3) is 4.52. The van der Waals surface area contributed by atoms with Gasteiger partial charge in [0.2, 0.25) is 0 Å². The summed E-state index contributed by atoms with van der Waals surface area (Å²) in [4.78, 5) is 0. The van der Waals surface area contributed by atoms with Crippen LogP contribution in [0.15, 0.2) is 48.5 Å². The molecule has 19 heavy (non-hydrogen) atoms. The second-order valence-corrected chi connectivity index (χ2v) is 11.6. The second-order valence-electron chi connectivity index (χ2n) is 5.58. The lowest BCUT2D eigenvalue weighted by molar-refractivity contribution is 1.57. The fourth-order valence-electron chi connectivity index (χ4n) is 1.65. The molecule has 0 aliphatic rings. The first kappa shape index (κ1) is 14.4. The lowest BCUT2D eigenvalue weighted by atomic mass is 10.0. The van der Waals surface area contributed by atoms with E-state index in [1.807, 2.05) is 0 Å². The van der Waals surface area contributed by atoms with Gasteiger partial charge in [0.25, 0.3) is 0 Å². The van der Waals surface area contributed by atoms with E-state index in [0.29, 0.717) is 0 Å². The van der Waals surface area contributed by atoms with Gasteiger partial charge in [-0.1, -0.05) is 49.8 Å². The maximum Gasteiger partial charge on any atom is 0.129 e. The normalized spacial score (nSPS) is 10.7. The lowest BCUT2D eigenvalue weighted by Crippen LogP contribution is -2.16. The number of rotatable bonds is 1. The van der Waals surface area contributed by atoms with E-state index in [4.69, 9.17) is 0 Å². The molecule has 0 heterocycles. The van der Waals surface area contributed by atoms with Crippen LogP contribution in [0, 0.1) is 15.0 Å². The van der Waals surface area contributed by atoms with Crippen LogP contribution in [-0.2, 0) is 0 Å². The molecule has 0 unspecified atom stereocenters. The second kappa shape index (κ2) is 5.94. The van der Waals surface area contributed by atoms with E-state index in [-0.39, 0.29) is 0 Å². The van der Waals surface area contributed by atoms with Gasteiger partial charge in [-0.05, 0) is 58.0 Å². The molecular weight excluding hydrogens is 359 g/mol. The highest BCUT2D eigenvalue weighted by Gasteiger charge is 2.07. The number of benzene rings is 2. The molecule has 2 rings (SSSR count). The van der Waals surface area contributed by atoms with Crippen LogP contribution in [0.25, 0.3) is 11.1 Å².